The smallest absolute Gasteiger partial charge is 0.408 e. The lowest BCUT2D eigenvalue weighted by molar-refractivity contribution is -0.310. The Morgan fingerprint density at radius 1 is 1.39 bits per heavy atom. The number of carboxylic acid groups (broad SMARTS) is 1. The maximum atomic E-state index is 11.3. The first-order valence-electron chi connectivity index (χ1n) is 5.37. The minimum Gasteiger partial charge on any atom is -0.548 e. The van der Waals surface area contributed by atoms with E-state index >= 15 is 0 Å². The molecule has 6 nitrogen and oxygen atoms in total. The standard InChI is InChI=1S/C12H15NO5/c1-8(14)10(11(15)16)13-12(17)18-7-9-5-3-2-4-6-9/h2-6,8,10,14H,7H2,1H3,(H,13,17)(H,15,16)/p-1/t8-,10-/m1/s1. The number of hydrogen-bond donors (Lipinski definition) is 2. The molecule has 0 aromatic heterocycles. The van der Waals surface area contributed by atoms with E-state index in [1.165, 1.54) is 6.92 Å². The Bertz CT molecular complexity index is 404. The molecule has 0 radical (unpaired) electrons. The average molecular weight is 252 g/mol. The number of nitrogens with one attached hydrogen (secondary N) is 1. The number of carboxylic acids is 1. The average Bonchev–Trinajstić information content (AvgIpc) is 2.34. The predicted molar refractivity (Wildman–Crippen MR) is 60.2 cm³/mol. The number of benzene rings is 1. The Kier molecular flexibility index (Phi) is 5.13. The van der Waals surface area contributed by atoms with Crippen LogP contribution < -0.4 is 10.4 Å². The molecule has 2 atom stereocenters. The van der Waals surface area contributed by atoms with Crippen LogP contribution in [0.3, 0.4) is 0 Å². The van der Waals surface area contributed by atoms with E-state index in [1.54, 1.807) is 24.3 Å². The topological polar surface area (TPSA) is 98.7 Å². The van der Waals surface area contributed by atoms with Crippen LogP contribution in [-0.4, -0.2) is 29.3 Å². The molecule has 0 heterocycles. The number of carbonyl (C=O) groups excluding carboxylic acids is 2. The van der Waals surface area contributed by atoms with Gasteiger partial charge in [0.25, 0.3) is 0 Å². The van der Waals surface area contributed by atoms with Crippen LogP contribution in [0.1, 0.15) is 12.5 Å². The van der Waals surface area contributed by atoms with Crippen LogP contribution in [0.4, 0.5) is 4.79 Å². The summed E-state index contributed by atoms with van der Waals surface area (Å²) in [5.74, 6) is -1.57. The number of aliphatic carboxylic acids is 1. The van der Waals surface area contributed by atoms with Crippen LogP contribution in [0.15, 0.2) is 30.3 Å². The molecule has 0 bridgehead atoms. The van der Waals surface area contributed by atoms with Gasteiger partial charge in [-0.25, -0.2) is 4.79 Å². The molecule has 0 aliphatic carbocycles. The van der Waals surface area contributed by atoms with Crippen molar-refractivity contribution in [2.45, 2.75) is 25.7 Å². The Morgan fingerprint density at radius 3 is 2.50 bits per heavy atom. The number of amides is 1. The number of aliphatic hydroxyl groups excluding tert-OH is 1. The Morgan fingerprint density at radius 2 is 2.00 bits per heavy atom. The molecule has 98 valence electrons. The van der Waals surface area contributed by atoms with Gasteiger partial charge in [-0.2, -0.15) is 0 Å². The van der Waals surface area contributed by atoms with Gasteiger partial charge >= 0.3 is 6.09 Å². The van der Waals surface area contributed by atoms with Crippen molar-refractivity contribution in [1.82, 2.24) is 5.32 Å². The van der Waals surface area contributed by atoms with E-state index in [9.17, 15) is 14.7 Å². The number of alkyl carbamates (subject to hydrolysis) is 1. The highest BCUT2D eigenvalue weighted by atomic mass is 16.5. The highest BCUT2D eigenvalue weighted by Gasteiger charge is 2.19. The van der Waals surface area contributed by atoms with Gasteiger partial charge in [0.05, 0.1) is 18.1 Å². The van der Waals surface area contributed by atoms with E-state index in [0.717, 1.165) is 5.56 Å². The van der Waals surface area contributed by atoms with Crippen molar-refractivity contribution in [2.75, 3.05) is 0 Å². The van der Waals surface area contributed by atoms with Crippen molar-refractivity contribution < 1.29 is 24.5 Å². The summed E-state index contributed by atoms with van der Waals surface area (Å²) in [4.78, 5) is 21.9. The molecular weight excluding hydrogens is 238 g/mol. The van der Waals surface area contributed by atoms with Crippen LogP contribution in [0, 0.1) is 0 Å². The van der Waals surface area contributed by atoms with Gasteiger partial charge in [0.1, 0.15) is 6.61 Å². The summed E-state index contributed by atoms with van der Waals surface area (Å²) in [6.45, 7) is 1.25. The molecular formula is C12H14NO5-. The summed E-state index contributed by atoms with van der Waals surface area (Å²) in [7, 11) is 0. The third-order valence-electron chi connectivity index (χ3n) is 2.22. The Labute approximate surface area is 104 Å². The maximum Gasteiger partial charge on any atom is 0.408 e. The van der Waals surface area contributed by atoms with Crippen molar-refractivity contribution in [3.63, 3.8) is 0 Å². The van der Waals surface area contributed by atoms with Gasteiger partial charge in [-0.05, 0) is 12.5 Å². The zero-order chi connectivity index (χ0) is 13.5. The van der Waals surface area contributed by atoms with Crippen LogP contribution in [-0.2, 0) is 16.1 Å². The lowest BCUT2D eigenvalue weighted by Crippen LogP contribution is -2.53. The molecule has 2 N–H and O–H groups in total. The Hall–Kier alpha value is -2.08. The van der Waals surface area contributed by atoms with Crippen LogP contribution >= 0.6 is 0 Å². The number of hydrogen-bond acceptors (Lipinski definition) is 5. The van der Waals surface area contributed by atoms with E-state index in [1.807, 2.05) is 11.4 Å². The third kappa shape index (κ3) is 4.42. The Balaban J connectivity index is 2.44. The summed E-state index contributed by atoms with van der Waals surface area (Å²) in [6, 6.07) is 7.43. The minimum atomic E-state index is -1.57. The first-order valence-corrected chi connectivity index (χ1v) is 5.37. The molecule has 0 unspecified atom stereocenters. The van der Waals surface area contributed by atoms with E-state index in [0.29, 0.717) is 0 Å². The van der Waals surface area contributed by atoms with Gasteiger partial charge in [0, 0.05) is 0 Å². The zero-order valence-corrected chi connectivity index (χ0v) is 9.83. The second-order valence-electron chi connectivity index (χ2n) is 3.74. The van der Waals surface area contributed by atoms with Gasteiger partial charge in [0.2, 0.25) is 0 Å². The molecule has 1 rings (SSSR count). The van der Waals surface area contributed by atoms with Gasteiger partial charge in [0.15, 0.2) is 0 Å². The lowest BCUT2D eigenvalue weighted by atomic mass is 10.2. The first-order chi connectivity index (χ1) is 8.50. The molecule has 1 aromatic rings. The van der Waals surface area contributed by atoms with Crippen LogP contribution in [0.25, 0.3) is 0 Å². The predicted octanol–water partition coefficient (Wildman–Crippen LogP) is -0.588. The molecule has 1 aromatic carbocycles. The molecule has 0 saturated carbocycles. The summed E-state index contributed by atoms with van der Waals surface area (Å²) in [5.41, 5.74) is 0.773. The highest BCUT2D eigenvalue weighted by molar-refractivity contribution is 5.79. The summed E-state index contributed by atoms with van der Waals surface area (Å²) in [6.07, 6.45) is -2.19. The van der Waals surface area contributed by atoms with Crippen LogP contribution in [0.5, 0.6) is 0 Å². The largest absolute Gasteiger partial charge is 0.548 e. The fourth-order valence-electron chi connectivity index (χ4n) is 1.27. The molecule has 0 aliphatic heterocycles. The van der Waals surface area contributed by atoms with E-state index < -0.39 is 24.2 Å². The van der Waals surface area contributed by atoms with Crippen molar-refractivity contribution in [2.24, 2.45) is 0 Å². The van der Waals surface area contributed by atoms with Gasteiger partial charge in [-0.15, -0.1) is 0 Å². The van der Waals surface area contributed by atoms with E-state index in [2.05, 4.69) is 0 Å². The highest BCUT2D eigenvalue weighted by Crippen LogP contribution is 2.01. The van der Waals surface area contributed by atoms with Crippen molar-refractivity contribution in [1.29, 1.82) is 0 Å². The lowest BCUT2D eigenvalue weighted by Gasteiger charge is -2.21. The van der Waals surface area contributed by atoms with E-state index in [-0.39, 0.29) is 6.61 Å². The molecule has 0 spiro atoms. The fourth-order valence-corrected chi connectivity index (χ4v) is 1.27. The second kappa shape index (κ2) is 6.61. The van der Waals surface area contributed by atoms with Crippen molar-refractivity contribution in [3.8, 4) is 0 Å². The number of aliphatic hydroxyl groups is 1. The van der Waals surface area contributed by atoms with Crippen LogP contribution in [0.2, 0.25) is 0 Å². The summed E-state index contributed by atoms with van der Waals surface area (Å²) >= 11 is 0. The molecule has 0 fully saturated rings. The summed E-state index contributed by atoms with van der Waals surface area (Å²) < 4.78 is 4.81. The molecule has 6 heteroatoms. The van der Waals surface area contributed by atoms with Gasteiger partial charge in [-0.1, -0.05) is 30.3 Å². The molecule has 1 amide bonds. The van der Waals surface area contributed by atoms with Crippen molar-refractivity contribution >= 4 is 12.1 Å². The van der Waals surface area contributed by atoms with Crippen molar-refractivity contribution in [3.05, 3.63) is 35.9 Å². The normalized spacial score (nSPS) is 13.4. The number of carbonyl (C=O) groups is 2. The number of rotatable bonds is 5. The molecule has 0 aliphatic rings. The minimum absolute atomic E-state index is 0.0201. The maximum absolute atomic E-state index is 11.3. The van der Waals surface area contributed by atoms with Gasteiger partial charge in [-0.3, -0.25) is 0 Å². The zero-order valence-electron chi connectivity index (χ0n) is 9.83. The van der Waals surface area contributed by atoms with E-state index in [4.69, 9.17) is 9.84 Å². The number of ether oxygens (including phenoxy) is 1. The van der Waals surface area contributed by atoms with Gasteiger partial charge < -0.3 is 25.1 Å². The fraction of sp³-hybridized carbons (Fsp3) is 0.333. The first kappa shape index (κ1) is 14.0. The third-order valence-corrected chi connectivity index (χ3v) is 2.22. The SMILES string of the molecule is C[C@@H](O)[C@@H](NC(=O)OCc1ccccc1)C(=O)[O-]. The monoisotopic (exact) mass is 252 g/mol. The quantitative estimate of drug-likeness (QED) is 0.730. The summed E-state index contributed by atoms with van der Waals surface area (Å²) in [5, 5.41) is 21.7. The molecule has 0 saturated heterocycles. The second-order valence-corrected chi connectivity index (χ2v) is 3.74. The molecule has 18 heavy (non-hydrogen) atoms.